The van der Waals surface area contributed by atoms with Gasteiger partial charge in [-0.25, -0.2) is 13.9 Å². The molecule has 0 atom stereocenters. The molecule has 0 amide bonds. The molecule has 1 aliphatic rings. The van der Waals surface area contributed by atoms with Crippen molar-refractivity contribution < 1.29 is 9.18 Å². The molecule has 0 unspecified atom stereocenters. The highest BCUT2D eigenvalue weighted by atomic mass is 19.1. The molecule has 2 aromatic heterocycles. The van der Waals surface area contributed by atoms with Gasteiger partial charge in [0, 0.05) is 18.2 Å². The van der Waals surface area contributed by atoms with Gasteiger partial charge in [0.2, 0.25) is 0 Å². The van der Waals surface area contributed by atoms with Crippen molar-refractivity contribution >= 4 is 11.4 Å². The molecular weight excluding hydrogens is 317 g/mol. The van der Waals surface area contributed by atoms with Crippen LogP contribution in [0.15, 0.2) is 30.5 Å². The molecule has 4 nitrogen and oxygen atoms in total. The number of hydrogen-bond acceptors (Lipinski definition) is 3. The first kappa shape index (κ1) is 15.9. The highest BCUT2D eigenvalue weighted by molar-refractivity contribution is 5.98. The summed E-state index contributed by atoms with van der Waals surface area (Å²) >= 11 is 0. The summed E-state index contributed by atoms with van der Waals surface area (Å²) in [6.07, 6.45) is 3.83. The summed E-state index contributed by atoms with van der Waals surface area (Å²) in [4.78, 5) is 17.3. The molecule has 0 N–H and O–H groups in total. The van der Waals surface area contributed by atoms with Crippen LogP contribution in [0.5, 0.6) is 0 Å². The average Bonchev–Trinajstić information content (AvgIpc) is 2.90. The van der Waals surface area contributed by atoms with Crippen molar-refractivity contribution in [3.05, 3.63) is 53.2 Å². The predicted molar refractivity (Wildman–Crippen MR) is 94.2 cm³/mol. The first-order valence-corrected chi connectivity index (χ1v) is 8.58. The van der Waals surface area contributed by atoms with E-state index < -0.39 is 0 Å². The summed E-state index contributed by atoms with van der Waals surface area (Å²) < 4.78 is 15.0. The van der Waals surface area contributed by atoms with Gasteiger partial charge in [0.05, 0.1) is 17.0 Å². The van der Waals surface area contributed by atoms with Crippen LogP contribution >= 0.6 is 0 Å². The molecule has 4 rings (SSSR count). The quantitative estimate of drug-likeness (QED) is 0.702. The van der Waals surface area contributed by atoms with Crippen LogP contribution in [0.1, 0.15) is 48.9 Å². The number of aromatic nitrogens is 3. The van der Waals surface area contributed by atoms with Crippen molar-refractivity contribution in [3.8, 4) is 11.1 Å². The van der Waals surface area contributed by atoms with Gasteiger partial charge in [-0.3, -0.25) is 4.79 Å². The number of ketones is 1. The lowest BCUT2D eigenvalue weighted by molar-refractivity contribution is 0.0909. The maximum atomic E-state index is 13.3. The fourth-order valence-corrected chi connectivity index (χ4v) is 3.63. The van der Waals surface area contributed by atoms with Gasteiger partial charge in [-0.2, -0.15) is 5.10 Å². The monoisotopic (exact) mass is 337 g/mol. The number of aryl methyl sites for hydroxylation is 1. The minimum absolute atomic E-state index is 0.0843. The first-order chi connectivity index (χ1) is 11.9. The summed E-state index contributed by atoms with van der Waals surface area (Å²) in [7, 11) is 0. The van der Waals surface area contributed by atoms with E-state index in [2.05, 4.69) is 18.9 Å². The standard InChI is InChI=1S/C20H20FN3O/c1-4-15-18(12-5-7-13(21)8-6-12)19-22-16-9-20(2,3)10-17(25)14(16)11-24(19)23-15/h5-8,11H,4,9-10H2,1-3H3. The second-order valence-corrected chi connectivity index (χ2v) is 7.49. The van der Waals surface area contributed by atoms with Crippen molar-refractivity contribution in [1.82, 2.24) is 14.6 Å². The zero-order chi connectivity index (χ0) is 17.8. The van der Waals surface area contributed by atoms with Crippen LogP contribution in [0.25, 0.3) is 16.8 Å². The van der Waals surface area contributed by atoms with Crippen molar-refractivity contribution in [2.45, 2.75) is 40.0 Å². The van der Waals surface area contributed by atoms with E-state index in [4.69, 9.17) is 4.98 Å². The summed E-state index contributed by atoms with van der Waals surface area (Å²) in [6, 6.07) is 6.40. The van der Waals surface area contributed by atoms with E-state index >= 15 is 0 Å². The molecule has 2 heterocycles. The number of carbonyl (C=O) groups is 1. The van der Waals surface area contributed by atoms with E-state index in [1.54, 1.807) is 22.8 Å². The lowest BCUT2D eigenvalue weighted by Crippen LogP contribution is -2.28. The molecular formula is C20H20FN3O. The van der Waals surface area contributed by atoms with Crippen molar-refractivity contribution in [3.63, 3.8) is 0 Å². The van der Waals surface area contributed by atoms with Crippen LogP contribution < -0.4 is 0 Å². The Labute approximate surface area is 145 Å². The number of Topliss-reactive ketones (excluding diaryl/α,β-unsaturated/α-hetero) is 1. The highest BCUT2D eigenvalue weighted by Crippen LogP contribution is 2.35. The van der Waals surface area contributed by atoms with E-state index in [0.717, 1.165) is 41.0 Å². The van der Waals surface area contributed by atoms with Gasteiger partial charge in [0.1, 0.15) is 5.82 Å². The fraction of sp³-hybridized carbons (Fsp3) is 0.350. The Hall–Kier alpha value is -2.56. The molecule has 0 saturated carbocycles. The third-order valence-electron chi connectivity index (χ3n) is 4.81. The summed E-state index contributed by atoms with van der Waals surface area (Å²) in [5.41, 5.74) is 4.85. The van der Waals surface area contributed by atoms with Gasteiger partial charge < -0.3 is 0 Å². The molecule has 0 radical (unpaired) electrons. The number of benzene rings is 1. The average molecular weight is 337 g/mol. The van der Waals surface area contributed by atoms with Crippen molar-refractivity contribution in [1.29, 1.82) is 0 Å². The molecule has 0 spiro atoms. The second kappa shape index (κ2) is 5.48. The van der Waals surface area contributed by atoms with Crippen LogP contribution in [0.2, 0.25) is 0 Å². The number of fused-ring (bicyclic) bond motifs is 2. The number of hydrogen-bond donors (Lipinski definition) is 0. The van der Waals surface area contributed by atoms with Crippen LogP contribution in [0.3, 0.4) is 0 Å². The highest BCUT2D eigenvalue weighted by Gasteiger charge is 2.33. The zero-order valence-electron chi connectivity index (χ0n) is 14.6. The molecule has 25 heavy (non-hydrogen) atoms. The van der Waals surface area contributed by atoms with Crippen molar-refractivity contribution in [2.24, 2.45) is 5.41 Å². The van der Waals surface area contributed by atoms with Gasteiger partial charge in [-0.1, -0.05) is 32.9 Å². The molecule has 0 saturated heterocycles. The van der Waals surface area contributed by atoms with Gasteiger partial charge in [0.25, 0.3) is 0 Å². The molecule has 5 heteroatoms. The van der Waals surface area contributed by atoms with Gasteiger partial charge in [0.15, 0.2) is 11.4 Å². The van der Waals surface area contributed by atoms with Crippen LogP contribution in [-0.2, 0) is 12.8 Å². The molecule has 1 aliphatic carbocycles. The van der Waals surface area contributed by atoms with E-state index in [9.17, 15) is 9.18 Å². The number of rotatable bonds is 2. The molecule has 0 bridgehead atoms. The topological polar surface area (TPSA) is 47.3 Å². The van der Waals surface area contributed by atoms with Crippen LogP contribution in [-0.4, -0.2) is 20.4 Å². The largest absolute Gasteiger partial charge is 0.294 e. The predicted octanol–water partition coefficient (Wildman–Crippen LogP) is 4.25. The van der Waals surface area contributed by atoms with E-state index in [0.29, 0.717) is 12.0 Å². The summed E-state index contributed by atoms with van der Waals surface area (Å²) in [5, 5.41) is 4.62. The molecule has 1 aromatic carbocycles. The Bertz CT molecular complexity index is 986. The smallest absolute Gasteiger partial charge is 0.166 e. The third kappa shape index (κ3) is 2.64. The van der Waals surface area contributed by atoms with Crippen molar-refractivity contribution in [2.75, 3.05) is 0 Å². The van der Waals surface area contributed by atoms with Gasteiger partial charge in [-0.05, 0) is 36.0 Å². The Morgan fingerprint density at radius 3 is 2.60 bits per heavy atom. The molecule has 0 aliphatic heterocycles. The van der Waals surface area contributed by atoms with Crippen LogP contribution in [0, 0.1) is 11.2 Å². The number of carbonyl (C=O) groups excluding carboxylic acids is 1. The fourth-order valence-electron chi connectivity index (χ4n) is 3.63. The van der Waals surface area contributed by atoms with E-state index in [1.807, 2.05) is 6.92 Å². The third-order valence-corrected chi connectivity index (χ3v) is 4.81. The SMILES string of the molecule is CCc1nn2cc3c(nc2c1-c1ccc(F)cc1)CC(C)(C)CC3=O. The Balaban J connectivity index is 1.97. The molecule has 0 fully saturated rings. The lowest BCUT2D eigenvalue weighted by Gasteiger charge is -2.29. The Morgan fingerprint density at radius 2 is 1.92 bits per heavy atom. The van der Waals surface area contributed by atoms with Gasteiger partial charge in [-0.15, -0.1) is 0 Å². The van der Waals surface area contributed by atoms with E-state index in [1.165, 1.54) is 12.1 Å². The molecule has 3 aromatic rings. The number of nitrogens with zero attached hydrogens (tertiary/aromatic N) is 3. The Morgan fingerprint density at radius 1 is 1.20 bits per heavy atom. The first-order valence-electron chi connectivity index (χ1n) is 8.58. The Kier molecular flexibility index (Phi) is 3.49. The van der Waals surface area contributed by atoms with Crippen LogP contribution in [0.4, 0.5) is 4.39 Å². The maximum Gasteiger partial charge on any atom is 0.166 e. The minimum atomic E-state index is -0.268. The minimum Gasteiger partial charge on any atom is -0.294 e. The van der Waals surface area contributed by atoms with Gasteiger partial charge >= 0.3 is 0 Å². The van der Waals surface area contributed by atoms with E-state index in [-0.39, 0.29) is 17.0 Å². The maximum absolute atomic E-state index is 13.3. The summed E-state index contributed by atoms with van der Waals surface area (Å²) in [6.45, 7) is 6.21. The normalized spacial score (nSPS) is 16.2. The lowest BCUT2D eigenvalue weighted by atomic mass is 9.76. The summed E-state index contributed by atoms with van der Waals surface area (Å²) in [5.74, 6) is -0.145. The second-order valence-electron chi connectivity index (χ2n) is 7.49. The zero-order valence-corrected chi connectivity index (χ0v) is 14.6. The molecule has 128 valence electrons. The number of halogens is 1.